The van der Waals surface area contributed by atoms with Gasteiger partial charge in [-0.15, -0.1) is 11.3 Å². The Hall–Kier alpha value is -1.47. The van der Waals surface area contributed by atoms with E-state index in [0.717, 1.165) is 20.8 Å². The van der Waals surface area contributed by atoms with Gasteiger partial charge in [-0.3, -0.25) is 4.79 Å². The first kappa shape index (κ1) is 15.9. The number of halogens is 3. The SMILES string of the molecule is CCN(Cc1ccc(Br)s1)C(=O)c1cc(F)cc(N)c1F. The maximum Gasteiger partial charge on any atom is 0.257 e. The van der Waals surface area contributed by atoms with Gasteiger partial charge in [0.25, 0.3) is 5.91 Å². The molecule has 2 rings (SSSR count). The smallest absolute Gasteiger partial charge is 0.257 e. The van der Waals surface area contributed by atoms with Crippen LogP contribution in [0.4, 0.5) is 14.5 Å². The zero-order valence-electron chi connectivity index (χ0n) is 11.2. The van der Waals surface area contributed by atoms with Crippen molar-refractivity contribution in [3.8, 4) is 0 Å². The summed E-state index contributed by atoms with van der Waals surface area (Å²) in [7, 11) is 0. The Morgan fingerprint density at radius 2 is 2.10 bits per heavy atom. The van der Waals surface area contributed by atoms with Crippen LogP contribution in [0.25, 0.3) is 0 Å². The molecule has 0 atom stereocenters. The average molecular weight is 375 g/mol. The summed E-state index contributed by atoms with van der Waals surface area (Å²) in [6, 6.07) is 5.49. The van der Waals surface area contributed by atoms with Crippen LogP contribution in [0.15, 0.2) is 28.1 Å². The van der Waals surface area contributed by atoms with Crippen molar-refractivity contribution in [2.45, 2.75) is 13.5 Å². The molecule has 0 spiro atoms. The van der Waals surface area contributed by atoms with E-state index < -0.39 is 17.5 Å². The van der Waals surface area contributed by atoms with E-state index in [-0.39, 0.29) is 11.3 Å². The predicted molar refractivity (Wildman–Crippen MR) is 83.2 cm³/mol. The lowest BCUT2D eigenvalue weighted by Crippen LogP contribution is -2.31. The van der Waals surface area contributed by atoms with Crippen LogP contribution >= 0.6 is 27.3 Å². The molecule has 0 saturated carbocycles. The fourth-order valence-corrected chi connectivity index (χ4v) is 3.39. The summed E-state index contributed by atoms with van der Waals surface area (Å²) < 4.78 is 28.2. The van der Waals surface area contributed by atoms with Gasteiger partial charge < -0.3 is 10.6 Å². The highest BCUT2D eigenvalue weighted by atomic mass is 79.9. The van der Waals surface area contributed by atoms with Crippen LogP contribution in [0, 0.1) is 11.6 Å². The number of anilines is 1. The molecular formula is C14H13BrF2N2OS. The predicted octanol–water partition coefficient (Wildman–Crippen LogP) is 4.03. The average Bonchev–Trinajstić information content (AvgIpc) is 2.85. The quantitative estimate of drug-likeness (QED) is 0.821. The number of nitrogens with zero attached hydrogens (tertiary/aromatic N) is 1. The van der Waals surface area contributed by atoms with E-state index in [1.54, 1.807) is 6.92 Å². The van der Waals surface area contributed by atoms with Crippen molar-refractivity contribution in [1.82, 2.24) is 4.90 Å². The number of benzene rings is 1. The second-order valence-electron chi connectivity index (χ2n) is 4.38. The van der Waals surface area contributed by atoms with Crippen LogP contribution in [0.5, 0.6) is 0 Å². The van der Waals surface area contributed by atoms with Gasteiger partial charge in [0.1, 0.15) is 5.82 Å². The number of amides is 1. The summed E-state index contributed by atoms with van der Waals surface area (Å²) in [5, 5.41) is 0. The molecular weight excluding hydrogens is 362 g/mol. The van der Waals surface area contributed by atoms with Crippen molar-refractivity contribution in [2.24, 2.45) is 0 Å². The Morgan fingerprint density at radius 1 is 1.38 bits per heavy atom. The molecule has 112 valence electrons. The molecule has 0 unspecified atom stereocenters. The second-order valence-corrected chi connectivity index (χ2v) is 6.93. The molecule has 1 amide bonds. The van der Waals surface area contributed by atoms with Crippen LogP contribution in [0.1, 0.15) is 22.2 Å². The van der Waals surface area contributed by atoms with E-state index in [2.05, 4.69) is 15.9 Å². The molecule has 0 radical (unpaired) electrons. The Kier molecular flexibility index (Phi) is 4.95. The number of hydrogen-bond donors (Lipinski definition) is 1. The molecule has 0 fully saturated rings. The number of nitrogens with two attached hydrogens (primary N) is 1. The molecule has 0 aliphatic heterocycles. The Labute approximate surface area is 133 Å². The number of nitrogen functional groups attached to an aromatic ring is 1. The van der Waals surface area contributed by atoms with E-state index >= 15 is 0 Å². The van der Waals surface area contributed by atoms with Crippen molar-refractivity contribution in [1.29, 1.82) is 0 Å². The van der Waals surface area contributed by atoms with Crippen molar-refractivity contribution < 1.29 is 13.6 Å². The molecule has 0 saturated heterocycles. The van der Waals surface area contributed by atoms with Crippen molar-refractivity contribution in [3.63, 3.8) is 0 Å². The van der Waals surface area contributed by atoms with Crippen LogP contribution in [-0.4, -0.2) is 17.4 Å². The summed E-state index contributed by atoms with van der Waals surface area (Å²) >= 11 is 4.83. The zero-order valence-corrected chi connectivity index (χ0v) is 13.6. The highest BCUT2D eigenvalue weighted by molar-refractivity contribution is 9.11. The third-order valence-electron chi connectivity index (χ3n) is 2.94. The highest BCUT2D eigenvalue weighted by Crippen LogP contribution is 2.25. The molecule has 2 aromatic rings. The van der Waals surface area contributed by atoms with Gasteiger partial charge in [-0.25, -0.2) is 8.78 Å². The first-order valence-electron chi connectivity index (χ1n) is 6.20. The molecule has 0 aliphatic carbocycles. The second kappa shape index (κ2) is 6.53. The lowest BCUT2D eigenvalue weighted by atomic mass is 10.1. The third-order valence-corrected chi connectivity index (χ3v) is 4.55. The van der Waals surface area contributed by atoms with Gasteiger partial charge in [0.15, 0.2) is 5.82 Å². The van der Waals surface area contributed by atoms with Gasteiger partial charge >= 0.3 is 0 Å². The van der Waals surface area contributed by atoms with E-state index in [1.807, 2.05) is 12.1 Å². The van der Waals surface area contributed by atoms with Crippen LogP contribution in [-0.2, 0) is 6.54 Å². The minimum atomic E-state index is -0.882. The summed E-state index contributed by atoms with van der Waals surface area (Å²) in [5.74, 6) is -2.19. The molecule has 21 heavy (non-hydrogen) atoms. The number of thiophene rings is 1. The molecule has 1 heterocycles. The molecule has 1 aromatic heterocycles. The minimum Gasteiger partial charge on any atom is -0.396 e. The summed E-state index contributed by atoms with van der Waals surface area (Å²) in [6.07, 6.45) is 0. The number of rotatable bonds is 4. The van der Waals surface area contributed by atoms with E-state index in [9.17, 15) is 13.6 Å². The van der Waals surface area contributed by atoms with Crippen LogP contribution < -0.4 is 5.73 Å². The number of hydrogen-bond acceptors (Lipinski definition) is 3. The number of carbonyl (C=O) groups excluding carboxylic acids is 1. The van der Waals surface area contributed by atoms with Gasteiger partial charge in [-0.1, -0.05) is 0 Å². The molecule has 1 aromatic carbocycles. The van der Waals surface area contributed by atoms with Gasteiger partial charge in [-0.2, -0.15) is 0 Å². The third kappa shape index (κ3) is 3.59. The first-order chi connectivity index (χ1) is 9.92. The fraction of sp³-hybridized carbons (Fsp3) is 0.214. The summed E-state index contributed by atoms with van der Waals surface area (Å²) in [6.45, 7) is 2.49. The maximum atomic E-state index is 13.9. The van der Waals surface area contributed by atoms with Crippen LogP contribution in [0.3, 0.4) is 0 Å². The van der Waals surface area contributed by atoms with Crippen molar-refractivity contribution in [3.05, 3.63) is 50.1 Å². The first-order valence-corrected chi connectivity index (χ1v) is 7.81. The monoisotopic (exact) mass is 374 g/mol. The largest absolute Gasteiger partial charge is 0.396 e. The summed E-state index contributed by atoms with van der Waals surface area (Å²) in [4.78, 5) is 14.8. The Bertz CT molecular complexity index is 675. The Morgan fingerprint density at radius 3 is 2.67 bits per heavy atom. The van der Waals surface area contributed by atoms with Gasteiger partial charge in [-0.05, 0) is 47.1 Å². The van der Waals surface area contributed by atoms with Crippen molar-refractivity contribution >= 4 is 38.9 Å². The summed E-state index contributed by atoms with van der Waals surface area (Å²) in [5.41, 5.74) is 4.66. The van der Waals surface area contributed by atoms with Gasteiger partial charge in [0, 0.05) is 11.4 Å². The molecule has 3 nitrogen and oxygen atoms in total. The number of carbonyl (C=O) groups is 1. The lowest BCUT2D eigenvalue weighted by Gasteiger charge is -2.20. The normalized spacial score (nSPS) is 10.7. The minimum absolute atomic E-state index is 0.335. The molecule has 7 heteroatoms. The van der Waals surface area contributed by atoms with E-state index in [0.29, 0.717) is 13.1 Å². The molecule has 0 aliphatic rings. The van der Waals surface area contributed by atoms with Crippen LogP contribution in [0.2, 0.25) is 0 Å². The van der Waals surface area contributed by atoms with E-state index in [1.165, 1.54) is 16.2 Å². The van der Waals surface area contributed by atoms with Gasteiger partial charge in [0.05, 0.1) is 21.6 Å². The van der Waals surface area contributed by atoms with Gasteiger partial charge in [0.2, 0.25) is 0 Å². The van der Waals surface area contributed by atoms with E-state index in [4.69, 9.17) is 5.73 Å². The highest BCUT2D eigenvalue weighted by Gasteiger charge is 2.21. The fourth-order valence-electron chi connectivity index (χ4n) is 1.89. The molecule has 2 N–H and O–H groups in total. The zero-order chi connectivity index (χ0) is 15.6. The topological polar surface area (TPSA) is 46.3 Å². The maximum absolute atomic E-state index is 13.9. The van der Waals surface area contributed by atoms with Crippen molar-refractivity contribution in [2.75, 3.05) is 12.3 Å². The Balaban J connectivity index is 2.28. The standard InChI is InChI=1S/C14H13BrF2N2OS/c1-2-19(7-9-3-4-12(15)21-9)14(20)10-5-8(16)6-11(18)13(10)17/h3-6H,2,7,18H2,1H3. The molecule has 0 bridgehead atoms. The lowest BCUT2D eigenvalue weighted by molar-refractivity contribution is 0.0749.